The van der Waals surface area contributed by atoms with Crippen molar-refractivity contribution < 1.29 is 14.6 Å². The zero-order valence-electron chi connectivity index (χ0n) is 18.9. The third-order valence-electron chi connectivity index (χ3n) is 5.57. The number of benzene rings is 2. The first-order valence-electron chi connectivity index (χ1n) is 10.8. The quantitative estimate of drug-likeness (QED) is 0.344. The van der Waals surface area contributed by atoms with E-state index in [-0.39, 0.29) is 5.56 Å². The third-order valence-corrected chi connectivity index (χ3v) is 5.57. The van der Waals surface area contributed by atoms with Crippen LogP contribution in [0.25, 0.3) is 22.2 Å². The van der Waals surface area contributed by atoms with Gasteiger partial charge in [0.15, 0.2) is 0 Å². The number of hydrogen-bond donors (Lipinski definition) is 3. The second-order valence-corrected chi connectivity index (χ2v) is 7.61. The minimum absolute atomic E-state index is 0.216. The first kappa shape index (κ1) is 22.1. The standard InChI is InChI=1S/C25H27N5O3/c1-4-26-24-17(7-5-8-18(24)25(31)32)20-14-23(29-15-28-20)27-11-12-30-16(2)13-19-21(30)9-6-10-22(19)33-3/h5-10,13-15,26H,4,11-12H2,1-3H3,(H,31,32)(H,27,28,29). The SMILES string of the molecule is CCNc1c(C(=O)O)cccc1-c1cc(NCCn2c(C)cc3c(OC)cccc32)ncn1. The van der Waals surface area contributed by atoms with Crippen molar-refractivity contribution in [2.75, 3.05) is 30.8 Å². The molecule has 2 aromatic heterocycles. The Bertz CT molecular complexity index is 1300. The van der Waals surface area contributed by atoms with Crippen molar-refractivity contribution in [3.05, 3.63) is 66.1 Å². The Morgan fingerprint density at radius 2 is 1.94 bits per heavy atom. The van der Waals surface area contributed by atoms with Gasteiger partial charge in [-0.15, -0.1) is 0 Å². The Labute approximate surface area is 192 Å². The van der Waals surface area contributed by atoms with Crippen LogP contribution in [-0.4, -0.2) is 45.8 Å². The molecule has 0 aliphatic rings. The number of para-hydroxylation sites is 1. The fourth-order valence-electron chi connectivity index (χ4n) is 4.07. The molecule has 2 heterocycles. The molecule has 0 aliphatic carbocycles. The van der Waals surface area contributed by atoms with Gasteiger partial charge in [-0.2, -0.15) is 0 Å². The number of anilines is 2. The lowest BCUT2D eigenvalue weighted by Gasteiger charge is -2.14. The van der Waals surface area contributed by atoms with Gasteiger partial charge in [0.1, 0.15) is 17.9 Å². The lowest BCUT2D eigenvalue weighted by Crippen LogP contribution is -2.12. The molecule has 4 rings (SSSR count). The zero-order valence-corrected chi connectivity index (χ0v) is 18.9. The van der Waals surface area contributed by atoms with E-state index in [2.05, 4.69) is 44.2 Å². The second-order valence-electron chi connectivity index (χ2n) is 7.61. The van der Waals surface area contributed by atoms with Gasteiger partial charge < -0.3 is 25.0 Å². The molecule has 2 aromatic carbocycles. The van der Waals surface area contributed by atoms with Crippen molar-refractivity contribution in [3.63, 3.8) is 0 Å². The zero-order chi connectivity index (χ0) is 23.4. The highest BCUT2D eigenvalue weighted by Gasteiger charge is 2.16. The number of carboxylic acid groups (broad SMARTS) is 1. The molecule has 3 N–H and O–H groups in total. The second kappa shape index (κ2) is 9.60. The highest BCUT2D eigenvalue weighted by molar-refractivity contribution is 5.99. The Kier molecular flexibility index (Phi) is 6.44. The van der Waals surface area contributed by atoms with Crippen LogP contribution in [0.3, 0.4) is 0 Å². The van der Waals surface area contributed by atoms with Crippen LogP contribution in [0.2, 0.25) is 0 Å². The summed E-state index contributed by atoms with van der Waals surface area (Å²) in [5.41, 5.74) is 4.42. The molecule has 8 heteroatoms. The van der Waals surface area contributed by atoms with Crippen LogP contribution in [0.4, 0.5) is 11.5 Å². The Balaban J connectivity index is 1.55. The van der Waals surface area contributed by atoms with E-state index in [0.29, 0.717) is 30.3 Å². The molecular formula is C25H27N5O3. The molecule has 4 aromatic rings. The number of methoxy groups -OCH3 is 1. The number of nitrogens with zero attached hydrogens (tertiary/aromatic N) is 3. The van der Waals surface area contributed by atoms with Crippen molar-refractivity contribution in [1.82, 2.24) is 14.5 Å². The lowest BCUT2D eigenvalue weighted by molar-refractivity contribution is 0.0698. The van der Waals surface area contributed by atoms with E-state index in [1.54, 1.807) is 19.2 Å². The monoisotopic (exact) mass is 445 g/mol. The molecule has 0 amide bonds. The number of rotatable bonds is 9. The van der Waals surface area contributed by atoms with Gasteiger partial charge in [-0.3, -0.25) is 0 Å². The Morgan fingerprint density at radius 1 is 1.12 bits per heavy atom. The summed E-state index contributed by atoms with van der Waals surface area (Å²) in [6.45, 7) is 6.02. The van der Waals surface area contributed by atoms with Gasteiger partial charge in [0.2, 0.25) is 0 Å². The molecule has 0 spiro atoms. The van der Waals surface area contributed by atoms with Crippen molar-refractivity contribution >= 4 is 28.4 Å². The van der Waals surface area contributed by atoms with Gasteiger partial charge in [0, 0.05) is 42.3 Å². The molecule has 0 saturated carbocycles. The fraction of sp³-hybridized carbons (Fsp3) is 0.240. The average molecular weight is 446 g/mol. The molecule has 0 atom stereocenters. The normalized spacial score (nSPS) is 10.9. The Morgan fingerprint density at radius 3 is 2.70 bits per heavy atom. The van der Waals surface area contributed by atoms with Crippen LogP contribution in [0, 0.1) is 6.92 Å². The average Bonchev–Trinajstić information content (AvgIpc) is 3.14. The summed E-state index contributed by atoms with van der Waals surface area (Å²) in [4.78, 5) is 20.4. The maximum Gasteiger partial charge on any atom is 0.337 e. The van der Waals surface area contributed by atoms with E-state index >= 15 is 0 Å². The fourth-order valence-corrected chi connectivity index (χ4v) is 4.07. The molecule has 0 unspecified atom stereocenters. The van der Waals surface area contributed by atoms with Gasteiger partial charge in [-0.25, -0.2) is 14.8 Å². The number of aromatic nitrogens is 3. The van der Waals surface area contributed by atoms with Gasteiger partial charge in [-0.05, 0) is 38.1 Å². The molecule has 0 saturated heterocycles. The smallest absolute Gasteiger partial charge is 0.337 e. The summed E-state index contributed by atoms with van der Waals surface area (Å²) in [6, 6.07) is 15.2. The van der Waals surface area contributed by atoms with E-state index in [0.717, 1.165) is 34.5 Å². The summed E-state index contributed by atoms with van der Waals surface area (Å²) in [5.74, 6) is 0.559. The lowest BCUT2D eigenvalue weighted by atomic mass is 10.0. The van der Waals surface area contributed by atoms with Crippen LogP contribution >= 0.6 is 0 Å². The number of ether oxygens (including phenoxy) is 1. The molecular weight excluding hydrogens is 418 g/mol. The van der Waals surface area contributed by atoms with Crippen molar-refractivity contribution in [3.8, 4) is 17.0 Å². The summed E-state index contributed by atoms with van der Waals surface area (Å²) in [5, 5.41) is 17.2. The topological polar surface area (TPSA) is 101 Å². The van der Waals surface area contributed by atoms with E-state index in [9.17, 15) is 9.90 Å². The summed E-state index contributed by atoms with van der Waals surface area (Å²) >= 11 is 0. The van der Waals surface area contributed by atoms with Crippen molar-refractivity contribution in [2.24, 2.45) is 0 Å². The van der Waals surface area contributed by atoms with Gasteiger partial charge in [0.25, 0.3) is 0 Å². The minimum atomic E-state index is -0.980. The number of fused-ring (bicyclic) bond motifs is 1. The predicted molar refractivity (Wildman–Crippen MR) is 130 cm³/mol. The van der Waals surface area contributed by atoms with Crippen LogP contribution in [0.1, 0.15) is 23.0 Å². The highest BCUT2D eigenvalue weighted by Crippen LogP contribution is 2.31. The molecule has 8 nitrogen and oxygen atoms in total. The Hall–Kier alpha value is -4.07. The predicted octanol–water partition coefficient (Wildman–Crippen LogP) is 4.66. The number of hydrogen-bond acceptors (Lipinski definition) is 6. The van der Waals surface area contributed by atoms with E-state index in [1.807, 2.05) is 31.2 Å². The number of aryl methyl sites for hydroxylation is 1. The first-order chi connectivity index (χ1) is 16.0. The third kappa shape index (κ3) is 4.45. The van der Waals surface area contributed by atoms with Crippen molar-refractivity contribution in [2.45, 2.75) is 20.4 Å². The van der Waals surface area contributed by atoms with E-state index < -0.39 is 5.97 Å². The maximum absolute atomic E-state index is 11.7. The first-order valence-corrected chi connectivity index (χ1v) is 10.8. The highest BCUT2D eigenvalue weighted by atomic mass is 16.5. The van der Waals surface area contributed by atoms with Gasteiger partial charge >= 0.3 is 5.97 Å². The maximum atomic E-state index is 11.7. The van der Waals surface area contributed by atoms with Crippen LogP contribution in [-0.2, 0) is 6.54 Å². The largest absolute Gasteiger partial charge is 0.496 e. The van der Waals surface area contributed by atoms with Gasteiger partial charge in [0.05, 0.1) is 29.6 Å². The van der Waals surface area contributed by atoms with Crippen LogP contribution in [0.5, 0.6) is 5.75 Å². The number of nitrogens with one attached hydrogen (secondary N) is 2. The number of aromatic carboxylic acids is 1. The summed E-state index contributed by atoms with van der Waals surface area (Å²) in [6.07, 6.45) is 1.49. The summed E-state index contributed by atoms with van der Waals surface area (Å²) in [7, 11) is 1.68. The van der Waals surface area contributed by atoms with Crippen molar-refractivity contribution in [1.29, 1.82) is 0 Å². The van der Waals surface area contributed by atoms with Crippen LogP contribution < -0.4 is 15.4 Å². The molecule has 0 fully saturated rings. The molecule has 33 heavy (non-hydrogen) atoms. The minimum Gasteiger partial charge on any atom is -0.496 e. The number of carboxylic acids is 1. The van der Waals surface area contributed by atoms with Crippen LogP contribution in [0.15, 0.2) is 54.9 Å². The molecule has 170 valence electrons. The molecule has 0 bridgehead atoms. The number of carbonyl (C=O) groups is 1. The molecule has 0 radical (unpaired) electrons. The molecule has 0 aliphatic heterocycles. The van der Waals surface area contributed by atoms with Gasteiger partial charge in [-0.1, -0.05) is 18.2 Å². The van der Waals surface area contributed by atoms with E-state index in [1.165, 1.54) is 6.33 Å². The summed E-state index contributed by atoms with van der Waals surface area (Å²) < 4.78 is 7.73. The van der Waals surface area contributed by atoms with E-state index in [4.69, 9.17) is 4.74 Å².